The Bertz CT molecular complexity index is 492. The van der Waals surface area contributed by atoms with Crippen LogP contribution in [-0.4, -0.2) is 18.6 Å². The number of amides is 1. The Morgan fingerprint density at radius 1 is 1.45 bits per heavy atom. The number of benzene rings is 1. The molecule has 0 bridgehead atoms. The summed E-state index contributed by atoms with van der Waals surface area (Å²) in [6, 6.07) is 7.28. The topological polar surface area (TPSA) is 62.1 Å². The van der Waals surface area contributed by atoms with Crippen LogP contribution in [0.1, 0.15) is 44.2 Å². The van der Waals surface area contributed by atoms with Gasteiger partial charge in [0.25, 0.3) is 5.91 Å². The molecule has 0 saturated carbocycles. The average molecular weight is 274 g/mol. The lowest BCUT2D eigenvalue weighted by atomic mass is 10.1. The van der Waals surface area contributed by atoms with E-state index in [2.05, 4.69) is 18.3 Å². The third-order valence-electron chi connectivity index (χ3n) is 3.07. The van der Waals surface area contributed by atoms with E-state index in [9.17, 15) is 4.79 Å². The fourth-order valence-electron chi connectivity index (χ4n) is 1.77. The molecule has 0 aliphatic heterocycles. The Morgan fingerprint density at radius 2 is 2.20 bits per heavy atom. The molecule has 1 rings (SSSR count). The van der Waals surface area contributed by atoms with E-state index in [1.54, 1.807) is 19.1 Å². The van der Waals surface area contributed by atoms with Gasteiger partial charge in [0.2, 0.25) is 0 Å². The fraction of sp³-hybridized carbons (Fsp3) is 0.500. The van der Waals surface area contributed by atoms with Crippen LogP contribution in [0.3, 0.4) is 0 Å². The van der Waals surface area contributed by atoms with Crippen molar-refractivity contribution in [1.29, 1.82) is 5.26 Å². The van der Waals surface area contributed by atoms with Gasteiger partial charge in [-0.05, 0) is 38.0 Å². The van der Waals surface area contributed by atoms with Crippen molar-refractivity contribution in [3.05, 3.63) is 29.3 Å². The zero-order valence-corrected chi connectivity index (χ0v) is 12.4. The minimum atomic E-state index is -0.565. The summed E-state index contributed by atoms with van der Waals surface area (Å²) in [7, 11) is 0. The van der Waals surface area contributed by atoms with Crippen LogP contribution in [0.2, 0.25) is 0 Å². The van der Waals surface area contributed by atoms with E-state index in [0.717, 1.165) is 24.8 Å². The smallest absolute Gasteiger partial charge is 0.260 e. The normalized spacial score (nSPS) is 11.5. The van der Waals surface area contributed by atoms with Crippen molar-refractivity contribution in [1.82, 2.24) is 5.32 Å². The number of unbranched alkanes of at least 4 members (excludes halogenated alkanes) is 2. The zero-order chi connectivity index (χ0) is 15.0. The molecule has 4 nitrogen and oxygen atoms in total. The molecular formula is C16H22N2O2. The minimum absolute atomic E-state index is 0.122. The lowest BCUT2D eigenvalue weighted by Crippen LogP contribution is -2.36. The van der Waals surface area contributed by atoms with Gasteiger partial charge in [-0.3, -0.25) is 4.79 Å². The molecule has 1 aromatic rings. The van der Waals surface area contributed by atoms with E-state index in [4.69, 9.17) is 10.00 Å². The van der Waals surface area contributed by atoms with Gasteiger partial charge in [-0.25, -0.2) is 0 Å². The molecule has 0 radical (unpaired) electrons. The summed E-state index contributed by atoms with van der Waals surface area (Å²) in [5.41, 5.74) is 1.44. The molecule has 1 aromatic carbocycles. The Kier molecular flexibility index (Phi) is 6.58. The molecule has 0 heterocycles. The number of hydrogen-bond donors (Lipinski definition) is 1. The third kappa shape index (κ3) is 4.93. The van der Waals surface area contributed by atoms with Gasteiger partial charge in [0.05, 0.1) is 11.6 Å². The second-order valence-electron chi connectivity index (χ2n) is 4.85. The molecule has 20 heavy (non-hydrogen) atoms. The van der Waals surface area contributed by atoms with Crippen molar-refractivity contribution in [2.24, 2.45) is 0 Å². The van der Waals surface area contributed by atoms with Crippen LogP contribution in [0.15, 0.2) is 18.2 Å². The highest BCUT2D eigenvalue weighted by Gasteiger charge is 2.15. The molecule has 108 valence electrons. The predicted octanol–water partition coefficient (Wildman–Crippen LogP) is 2.94. The molecule has 1 N–H and O–H groups in total. The highest BCUT2D eigenvalue weighted by molar-refractivity contribution is 5.80. The first kappa shape index (κ1) is 16.0. The summed E-state index contributed by atoms with van der Waals surface area (Å²) >= 11 is 0. The van der Waals surface area contributed by atoms with E-state index in [1.807, 2.05) is 13.0 Å². The third-order valence-corrected chi connectivity index (χ3v) is 3.07. The van der Waals surface area contributed by atoms with Crippen LogP contribution in [0.25, 0.3) is 0 Å². The fourth-order valence-corrected chi connectivity index (χ4v) is 1.77. The zero-order valence-electron chi connectivity index (χ0n) is 12.4. The molecule has 0 spiro atoms. The molecule has 1 amide bonds. The van der Waals surface area contributed by atoms with E-state index in [0.29, 0.717) is 17.9 Å². The first-order valence-electron chi connectivity index (χ1n) is 7.03. The number of aryl methyl sites for hydroxylation is 1. The number of nitrogens with one attached hydrogen (secondary N) is 1. The van der Waals surface area contributed by atoms with Crippen molar-refractivity contribution in [3.63, 3.8) is 0 Å². The molecule has 0 aliphatic rings. The standard InChI is InChI=1S/C16H22N2O2/c1-4-5-6-9-18-16(19)13(3)20-15-10-14(11-17)8-7-12(15)2/h7-8,10,13H,4-6,9H2,1-3H3,(H,18,19). The van der Waals surface area contributed by atoms with Gasteiger partial charge in [-0.15, -0.1) is 0 Å². The van der Waals surface area contributed by atoms with Crippen molar-refractivity contribution in [3.8, 4) is 11.8 Å². The molecule has 0 fully saturated rings. The van der Waals surface area contributed by atoms with Crippen LogP contribution in [-0.2, 0) is 4.79 Å². The molecular weight excluding hydrogens is 252 g/mol. The summed E-state index contributed by atoms with van der Waals surface area (Å²) in [5.74, 6) is 0.461. The van der Waals surface area contributed by atoms with E-state index in [1.165, 1.54) is 0 Å². The maximum absolute atomic E-state index is 11.9. The summed E-state index contributed by atoms with van der Waals surface area (Å²) < 4.78 is 5.64. The Balaban J connectivity index is 2.55. The first-order valence-corrected chi connectivity index (χ1v) is 7.03. The number of carbonyl (C=O) groups is 1. The van der Waals surface area contributed by atoms with Crippen LogP contribution < -0.4 is 10.1 Å². The second-order valence-corrected chi connectivity index (χ2v) is 4.85. The lowest BCUT2D eigenvalue weighted by molar-refractivity contribution is -0.127. The molecule has 1 unspecified atom stereocenters. The summed E-state index contributed by atoms with van der Waals surface area (Å²) in [4.78, 5) is 11.9. The number of carbonyl (C=O) groups excluding carboxylic acids is 1. The monoisotopic (exact) mass is 274 g/mol. The highest BCUT2D eigenvalue weighted by Crippen LogP contribution is 2.20. The van der Waals surface area contributed by atoms with Gasteiger partial charge >= 0.3 is 0 Å². The van der Waals surface area contributed by atoms with Gasteiger partial charge < -0.3 is 10.1 Å². The van der Waals surface area contributed by atoms with Gasteiger partial charge in [-0.1, -0.05) is 25.8 Å². The maximum Gasteiger partial charge on any atom is 0.260 e. The van der Waals surface area contributed by atoms with E-state index >= 15 is 0 Å². The molecule has 0 aromatic heterocycles. The van der Waals surface area contributed by atoms with Crippen molar-refractivity contribution in [2.75, 3.05) is 6.54 Å². The van der Waals surface area contributed by atoms with Crippen LogP contribution >= 0.6 is 0 Å². The number of ether oxygens (including phenoxy) is 1. The van der Waals surface area contributed by atoms with Crippen LogP contribution in [0.4, 0.5) is 0 Å². The minimum Gasteiger partial charge on any atom is -0.481 e. The number of rotatable bonds is 7. The summed E-state index contributed by atoms with van der Waals surface area (Å²) in [6.07, 6.45) is 2.66. The molecule has 1 atom stereocenters. The number of nitriles is 1. The van der Waals surface area contributed by atoms with Crippen LogP contribution in [0, 0.1) is 18.3 Å². The van der Waals surface area contributed by atoms with Gasteiger partial charge in [0.15, 0.2) is 6.10 Å². The Labute approximate surface area is 120 Å². The predicted molar refractivity (Wildman–Crippen MR) is 78.5 cm³/mol. The summed E-state index contributed by atoms with van der Waals surface area (Å²) in [5, 5.41) is 11.7. The maximum atomic E-state index is 11.9. The van der Waals surface area contributed by atoms with Gasteiger partial charge in [-0.2, -0.15) is 5.26 Å². The van der Waals surface area contributed by atoms with Gasteiger partial charge in [0, 0.05) is 6.54 Å². The quantitative estimate of drug-likeness (QED) is 0.778. The van der Waals surface area contributed by atoms with Crippen molar-refractivity contribution >= 4 is 5.91 Å². The first-order chi connectivity index (χ1) is 9.58. The van der Waals surface area contributed by atoms with E-state index < -0.39 is 6.10 Å². The molecule has 0 aliphatic carbocycles. The van der Waals surface area contributed by atoms with Crippen molar-refractivity contribution < 1.29 is 9.53 Å². The van der Waals surface area contributed by atoms with Gasteiger partial charge in [0.1, 0.15) is 5.75 Å². The summed E-state index contributed by atoms with van der Waals surface area (Å²) in [6.45, 7) is 6.41. The molecule has 4 heteroatoms. The number of hydrogen-bond acceptors (Lipinski definition) is 3. The SMILES string of the molecule is CCCCCNC(=O)C(C)Oc1cc(C#N)ccc1C. The van der Waals surface area contributed by atoms with E-state index in [-0.39, 0.29) is 5.91 Å². The second kappa shape index (κ2) is 8.21. The lowest BCUT2D eigenvalue weighted by Gasteiger charge is -2.16. The molecule has 0 saturated heterocycles. The number of nitrogens with zero attached hydrogens (tertiary/aromatic N) is 1. The highest BCUT2D eigenvalue weighted by atomic mass is 16.5. The Morgan fingerprint density at radius 3 is 2.85 bits per heavy atom. The van der Waals surface area contributed by atoms with Crippen LogP contribution in [0.5, 0.6) is 5.75 Å². The largest absolute Gasteiger partial charge is 0.481 e. The van der Waals surface area contributed by atoms with Crippen molar-refractivity contribution in [2.45, 2.75) is 46.1 Å². The average Bonchev–Trinajstić information content (AvgIpc) is 2.45. The Hall–Kier alpha value is -2.02.